The highest BCUT2D eigenvalue weighted by Crippen LogP contribution is 2.12. The monoisotopic (exact) mass is 204 g/mol. The Morgan fingerprint density at radius 1 is 1.36 bits per heavy atom. The van der Waals surface area contributed by atoms with E-state index in [2.05, 4.69) is 49.3 Å². The fraction of sp³-hybridized carbons (Fsp3) is 0.308. The minimum Gasteiger partial charge on any atom is -0.126 e. The van der Waals surface area contributed by atoms with E-state index in [-0.39, 0.29) is 0 Å². The molecule has 0 bridgehead atoms. The van der Waals surface area contributed by atoms with Crippen LogP contribution in [0.25, 0.3) is 5.57 Å². The Hall–Kier alpha value is -0.910. The molecule has 0 nitrogen and oxygen atoms in total. The highest BCUT2D eigenvalue weighted by Gasteiger charge is 1.90. The van der Waals surface area contributed by atoms with Gasteiger partial charge in [0.1, 0.15) is 0 Å². The topological polar surface area (TPSA) is 0 Å². The van der Waals surface area contributed by atoms with E-state index in [1.807, 2.05) is 17.8 Å². The molecule has 1 aromatic rings. The number of allylic oxidation sites excluding steroid dienone is 1. The van der Waals surface area contributed by atoms with Gasteiger partial charge < -0.3 is 0 Å². The zero-order valence-electron chi connectivity index (χ0n) is 8.79. The molecule has 1 aromatic carbocycles. The summed E-state index contributed by atoms with van der Waals surface area (Å²) in [5, 5.41) is 2.06. The lowest BCUT2D eigenvalue weighted by Gasteiger charge is -1.95. The summed E-state index contributed by atoms with van der Waals surface area (Å²) in [6, 6.07) is 10.4. The molecule has 0 aliphatic carbocycles. The van der Waals surface area contributed by atoms with E-state index in [0.29, 0.717) is 0 Å². The van der Waals surface area contributed by atoms with E-state index >= 15 is 0 Å². The van der Waals surface area contributed by atoms with Crippen LogP contribution in [0.1, 0.15) is 25.8 Å². The van der Waals surface area contributed by atoms with Crippen LogP contribution in [0.4, 0.5) is 0 Å². The van der Waals surface area contributed by atoms with Gasteiger partial charge in [0, 0.05) is 5.41 Å². The molecule has 0 aliphatic rings. The predicted molar refractivity (Wildman–Crippen MR) is 66.4 cm³/mol. The van der Waals surface area contributed by atoms with Crippen LogP contribution in [0, 0.1) is 0 Å². The van der Waals surface area contributed by atoms with E-state index in [9.17, 15) is 0 Å². The Balaban J connectivity index is 2.65. The Bertz CT molecular complexity index is 318. The number of hydrogen-bond acceptors (Lipinski definition) is 1. The molecule has 0 saturated heterocycles. The van der Waals surface area contributed by atoms with Crippen LogP contribution < -0.4 is 0 Å². The minimum absolute atomic E-state index is 1.18. The summed E-state index contributed by atoms with van der Waals surface area (Å²) in [6.45, 7) is 4.28. The van der Waals surface area contributed by atoms with Crippen molar-refractivity contribution in [2.24, 2.45) is 0 Å². The van der Waals surface area contributed by atoms with Gasteiger partial charge in [-0.3, -0.25) is 0 Å². The molecule has 0 aromatic heterocycles. The number of rotatable bonds is 4. The standard InChI is InChI=1S/C13H16S/c1-3-10-14-11-9-12(2)13-7-5-4-6-8-13/h4-8,11H,3,10H2,1-2H3. The van der Waals surface area contributed by atoms with Crippen molar-refractivity contribution in [3.8, 4) is 0 Å². The molecule has 1 rings (SSSR count). The van der Waals surface area contributed by atoms with Crippen LogP contribution in [0.3, 0.4) is 0 Å². The number of thioether (sulfide) groups is 1. The van der Waals surface area contributed by atoms with E-state index in [1.165, 1.54) is 23.3 Å². The maximum Gasteiger partial charge on any atom is 0.0132 e. The van der Waals surface area contributed by atoms with Gasteiger partial charge in [-0.25, -0.2) is 0 Å². The van der Waals surface area contributed by atoms with Crippen LogP contribution in [0.2, 0.25) is 0 Å². The molecule has 0 fully saturated rings. The zero-order valence-corrected chi connectivity index (χ0v) is 9.60. The van der Waals surface area contributed by atoms with Crippen molar-refractivity contribution in [2.75, 3.05) is 5.75 Å². The first-order chi connectivity index (χ1) is 6.84. The first kappa shape index (κ1) is 11.2. The Kier molecular flexibility index (Phi) is 5.21. The van der Waals surface area contributed by atoms with Gasteiger partial charge in [0.25, 0.3) is 0 Å². The van der Waals surface area contributed by atoms with Crippen LogP contribution in [0.5, 0.6) is 0 Å². The van der Waals surface area contributed by atoms with Gasteiger partial charge in [0.15, 0.2) is 0 Å². The van der Waals surface area contributed by atoms with Gasteiger partial charge in [-0.15, -0.1) is 17.5 Å². The van der Waals surface area contributed by atoms with Crippen molar-refractivity contribution in [3.63, 3.8) is 0 Å². The summed E-state index contributed by atoms with van der Waals surface area (Å²) >= 11 is 1.82. The predicted octanol–water partition coefficient (Wildman–Crippen LogP) is 4.35. The average molecular weight is 204 g/mol. The van der Waals surface area contributed by atoms with Gasteiger partial charge in [0.05, 0.1) is 0 Å². The summed E-state index contributed by atoms with van der Waals surface area (Å²) in [5.41, 5.74) is 5.74. The van der Waals surface area contributed by atoms with Crippen LogP contribution in [-0.2, 0) is 0 Å². The summed E-state index contributed by atoms with van der Waals surface area (Å²) < 4.78 is 0. The Labute approximate surface area is 90.7 Å². The molecule has 14 heavy (non-hydrogen) atoms. The fourth-order valence-electron chi connectivity index (χ4n) is 1.08. The minimum atomic E-state index is 1.18. The molecular weight excluding hydrogens is 188 g/mol. The lowest BCUT2D eigenvalue weighted by molar-refractivity contribution is 1.11. The zero-order chi connectivity index (χ0) is 10.2. The third-order valence-electron chi connectivity index (χ3n) is 1.89. The molecule has 0 radical (unpaired) electrons. The first-order valence-electron chi connectivity index (χ1n) is 4.93. The van der Waals surface area contributed by atoms with Gasteiger partial charge in [-0.2, -0.15) is 0 Å². The third-order valence-corrected chi connectivity index (χ3v) is 2.82. The second-order valence-corrected chi connectivity index (χ2v) is 4.10. The molecule has 1 heteroatoms. The van der Waals surface area contributed by atoms with E-state index in [1.54, 1.807) is 0 Å². The number of hydrogen-bond donors (Lipinski definition) is 0. The SMILES string of the molecule is CCCSC=C=C(C)c1ccccc1. The molecule has 0 atom stereocenters. The van der Waals surface area contributed by atoms with E-state index in [4.69, 9.17) is 0 Å². The Morgan fingerprint density at radius 2 is 2.07 bits per heavy atom. The normalized spacial score (nSPS) is 9.29. The van der Waals surface area contributed by atoms with Crippen molar-refractivity contribution in [3.05, 3.63) is 47.0 Å². The van der Waals surface area contributed by atoms with Gasteiger partial charge in [0.2, 0.25) is 0 Å². The molecular formula is C13H16S. The van der Waals surface area contributed by atoms with Crippen molar-refractivity contribution >= 4 is 17.3 Å². The number of benzene rings is 1. The maximum atomic E-state index is 3.29. The summed E-state index contributed by atoms with van der Waals surface area (Å²) in [6.07, 6.45) is 1.22. The van der Waals surface area contributed by atoms with E-state index < -0.39 is 0 Å². The van der Waals surface area contributed by atoms with Crippen molar-refractivity contribution in [1.29, 1.82) is 0 Å². The van der Waals surface area contributed by atoms with E-state index in [0.717, 1.165) is 0 Å². The molecule has 0 saturated carbocycles. The molecule has 0 aliphatic heterocycles. The first-order valence-corrected chi connectivity index (χ1v) is 5.98. The second kappa shape index (κ2) is 6.53. The molecule has 0 N–H and O–H groups in total. The lowest BCUT2D eigenvalue weighted by Crippen LogP contribution is -1.74. The molecule has 0 unspecified atom stereocenters. The highest BCUT2D eigenvalue weighted by molar-refractivity contribution is 8.02. The fourth-order valence-corrected chi connectivity index (χ4v) is 1.69. The van der Waals surface area contributed by atoms with Crippen LogP contribution in [0.15, 0.2) is 41.5 Å². The van der Waals surface area contributed by atoms with Gasteiger partial charge in [-0.1, -0.05) is 37.3 Å². The summed E-state index contributed by atoms with van der Waals surface area (Å²) in [7, 11) is 0. The molecule has 0 heterocycles. The second-order valence-electron chi connectivity index (χ2n) is 3.12. The van der Waals surface area contributed by atoms with Gasteiger partial charge >= 0.3 is 0 Å². The van der Waals surface area contributed by atoms with Crippen molar-refractivity contribution in [2.45, 2.75) is 20.3 Å². The van der Waals surface area contributed by atoms with Crippen molar-refractivity contribution in [1.82, 2.24) is 0 Å². The smallest absolute Gasteiger partial charge is 0.0132 e. The lowest BCUT2D eigenvalue weighted by atomic mass is 10.1. The summed E-state index contributed by atoms with van der Waals surface area (Å²) in [5.74, 6) is 1.18. The van der Waals surface area contributed by atoms with Crippen molar-refractivity contribution < 1.29 is 0 Å². The molecule has 0 amide bonds. The Morgan fingerprint density at radius 3 is 2.71 bits per heavy atom. The average Bonchev–Trinajstić information content (AvgIpc) is 2.25. The molecule has 74 valence electrons. The van der Waals surface area contributed by atoms with Gasteiger partial charge in [-0.05, 0) is 30.2 Å². The largest absolute Gasteiger partial charge is 0.126 e. The summed E-state index contributed by atoms with van der Waals surface area (Å²) in [4.78, 5) is 0. The van der Waals surface area contributed by atoms with Crippen LogP contribution in [-0.4, -0.2) is 5.75 Å². The third kappa shape index (κ3) is 3.87. The maximum absolute atomic E-state index is 3.29. The highest BCUT2D eigenvalue weighted by atomic mass is 32.2. The molecule has 0 spiro atoms. The quantitative estimate of drug-likeness (QED) is 0.519. The van der Waals surface area contributed by atoms with Crippen LogP contribution >= 0.6 is 11.8 Å².